The SMILES string of the molecule is C[C@]1(c2ccc(N3CCN(C(=O)O)CC3)cc2)CCC(=O)NC1=O. The average Bonchev–Trinajstić information content (AvgIpc) is 2.59. The number of carbonyl (C=O) groups excluding carboxylic acids is 2. The maximum Gasteiger partial charge on any atom is 0.407 e. The molecule has 0 radical (unpaired) electrons. The Morgan fingerprint density at radius 2 is 1.75 bits per heavy atom. The third-order valence-electron chi connectivity index (χ3n) is 5.03. The number of nitrogens with one attached hydrogen (secondary N) is 1. The number of anilines is 1. The second-order valence-corrected chi connectivity index (χ2v) is 6.51. The number of amides is 3. The van der Waals surface area contributed by atoms with E-state index in [-0.39, 0.29) is 11.8 Å². The molecule has 0 aromatic heterocycles. The molecule has 0 unspecified atom stereocenters. The van der Waals surface area contributed by atoms with Crippen molar-refractivity contribution in [2.45, 2.75) is 25.2 Å². The molecule has 128 valence electrons. The summed E-state index contributed by atoms with van der Waals surface area (Å²) in [4.78, 5) is 38.1. The molecule has 0 saturated carbocycles. The fourth-order valence-corrected chi connectivity index (χ4v) is 3.28. The van der Waals surface area contributed by atoms with Gasteiger partial charge in [0.15, 0.2) is 0 Å². The number of nitrogens with zero attached hydrogens (tertiary/aromatic N) is 2. The standard InChI is InChI=1S/C17H21N3O4/c1-17(7-6-14(21)18-15(17)22)12-2-4-13(5-3-12)19-8-10-20(11-9-19)16(23)24/h2-5H,6-11H2,1H3,(H,23,24)(H,18,21,22)/t17-/m1/s1. The molecule has 2 aliphatic heterocycles. The van der Waals surface area contributed by atoms with Gasteiger partial charge in [-0.25, -0.2) is 4.79 Å². The molecule has 7 nitrogen and oxygen atoms in total. The summed E-state index contributed by atoms with van der Waals surface area (Å²) in [6.45, 7) is 4.13. The predicted molar refractivity (Wildman–Crippen MR) is 88.0 cm³/mol. The maximum atomic E-state index is 12.2. The van der Waals surface area contributed by atoms with Gasteiger partial charge in [0.05, 0.1) is 5.41 Å². The topological polar surface area (TPSA) is 89.9 Å². The summed E-state index contributed by atoms with van der Waals surface area (Å²) < 4.78 is 0. The summed E-state index contributed by atoms with van der Waals surface area (Å²) in [6.07, 6.45) is -0.0223. The van der Waals surface area contributed by atoms with Gasteiger partial charge in [-0.1, -0.05) is 12.1 Å². The van der Waals surface area contributed by atoms with Crippen LogP contribution in [0.5, 0.6) is 0 Å². The molecule has 0 aliphatic carbocycles. The largest absolute Gasteiger partial charge is 0.465 e. The van der Waals surface area contributed by atoms with E-state index in [0.29, 0.717) is 39.0 Å². The molecular weight excluding hydrogens is 310 g/mol. The average molecular weight is 331 g/mol. The van der Waals surface area contributed by atoms with Crippen molar-refractivity contribution >= 4 is 23.6 Å². The van der Waals surface area contributed by atoms with Crippen LogP contribution in [0, 0.1) is 0 Å². The highest BCUT2D eigenvalue weighted by atomic mass is 16.4. The van der Waals surface area contributed by atoms with Crippen molar-refractivity contribution in [3.63, 3.8) is 0 Å². The third-order valence-corrected chi connectivity index (χ3v) is 5.03. The zero-order valence-electron chi connectivity index (χ0n) is 13.6. The lowest BCUT2D eigenvalue weighted by Crippen LogP contribution is -2.50. The number of hydrogen-bond donors (Lipinski definition) is 2. The van der Waals surface area contributed by atoms with Crippen LogP contribution in [-0.4, -0.2) is 54.1 Å². The molecule has 2 aliphatic rings. The minimum atomic E-state index is -0.879. The van der Waals surface area contributed by atoms with E-state index in [9.17, 15) is 14.4 Å². The lowest BCUT2D eigenvalue weighted by atomic mass is 9.75. The first-order chi connectivity index (χ1) is 11.4. The van der Waals surface area contributed by atoms with E-state index >= 15 is 0 Å². The van der Waals surface area contributed by atoms with Crippen LogP contribution in [0.25, 0.3) is 0 Å². The molecule has 1 atom stereocenters. The number of piperidine rings is 1. The summed E-state index contributed by atoms with van der Waals surface area (Å²) in [6, 6.07) is 7.77. The molecule has 2 N–H and O–H groups in total. The Hall–Kier alpha value is -2.57. The van der Waals surface area contributed by atoms with Crippen molar-refractivity contribution in [2.75, 3.05) is 31.1 Å². The molecular formula is C17H21N3O4. The molecule has 24 heavy (non-hydrogen) atoms. The number of piperazine rings is 1. The van der Waals surface area contributed by atoms with Gasteiger partial charge in [0.2, 0.25) is 11.8 Å². The molecule has 3 amide bonds. The second-order valence-electron chi connectivity index (χ2n) is 6.51. The van der Waals surface area contributed by atoms with Gasteiger partial charge in [-0.3, -0.25) is 14.9 Å². The molecule has 7 heteroatoms. The van der Waals surface area contributed by atoms with E-state index in [1.54, 1.807) is 0 Å². The van der Waals surface area contributed by atoms with Gasteiger partial charge in [-0.15, -0.1) is 0 Å². The molecule has 2 fully saturated rings. The van der Waals surface area contributed by atoms with Gasteiger partial charge in [0, 0.05) is 38.3 Å². The molecule has 2 heterocycles. The van der Waals surface area contributed by atoms with Crippen molar-refractivity contribution < 1.29 is 19.5 Å². The Labute approximate surface area is 140 Å². The Bertz CT molecular complexity index is 665. The van der Waals surface area contributed by atoms with Crippen LogP contribution < -0.4 is 10.2 Å². The molecule has 2 saturated heterocycles. The normalized spacial score (nSPS) is 24.7. The van der Waals surface area contributed by atoms with E-state index in [1.165, 1.54) is 4.90 Å². The van der Waals surface area contributed by atoms with Crippen molar-refractivity contribution in [1.82, 2.24) is 10.2 Å². The predicted octanol–water partition coefficient (Wildman–Crippen LogP) is 1.18. The van der Waals surface area contributed by atoms with Gasteiger partial charge < -0.3 is 14.9 Å². The summed E-state index contributed by atoms with van der Waals surface area (Å²) in [7, 11) is 0. The Morgan fingerprint density at radius 1 is 1.12 bits per heavy atom. The number of hydrogen-bond acceptors (Lipinski definition) is 4. The zero-order chi connectivity index (χ0) is 17.3. The van der Waals surface area contributed by atoms with Crippen molar-refractivity contribution in [3.05, 3.63) is 29.8 Å². The van der Waals surface area contributed by atoms with Crippen LogP contribution in [0.4, 0.5) is 10.5 Å². The Morgan fingerprint density at radius 3 is 2.29 bits per heavy atom. The highest BCUT2D eigenvalue weighted by Crippen LogP contribution is 2.33. The van der Waals surface area contributed by atoms with Gasteiger partial charge in [0.25, 0.3) is 0 Å². The molecule has 0 spiro atoms. The molecule has 1 aromatic rings. The number of imide groups is 1. The van der Waals surface area contributed by atoms with Crippen LogP contribution in [0.3, 0.4) is 0 Å². The lowest BCUT2D eigenvalue weighted by Gasteiger charge is -2.35. The van der Waals surface area contributed by atoms with Crippen molar-refractivity contribution in [1.29, 1.82) is 0 Å². The minimum absolute atomic E-state index is 0.217. The van der Waals surface area contributed by atoms with Gasteiger partial charge in [-0.2, -0.15) is 0 Å². The van der Waals surface area contributed by atoms with Crippen LogP contribution in [-0.2, 0) is 15.0 Å². The van der Waals surface area contributed by atoms with Gasteiger partial charge >= 0.3 is 6.09 Å². The molecule has 3 rings (SSSR count). The minimum Gasteiger partial charge on any atom is -0.465 e. The first-order valence-electron chi connectivity index (χ1n) is 8.08. The van der Waals surface area contributed by atoms with Crippen molar-refractivity contribution in [3.8, 4) is 0 Å². The zero-order valence-corrected chi connectivity index (χ0v) is 13.6. The molecule has 0 bridgehead atoms. The summed E-state index contributed by atoms with van der Waals surface area (Å²) >= 11 is 0. The summed E-state index contributed by atoms with van der Waals surface area (Å²) in [5.41, 5.74) is 1.22. The summed E-state index contributed by atoms with van der Waals surface area (Å²) in [5.74, 6) is -0.466. The van der Waals surface area contributed by atoms with Gasteiger partial charge in [0.1, 0.15) is 0 Å². The van der Waals surface area contributed by atoms with E-state index in [0.717, 1.165) is 11.3 Å². The highest BCUT2D eigenvalue weighted by molar-refractivity contribution is 6.03. The summed E-state index contributed by atoms with van der Waals surface area (Å²) in [5, 5.41) is 11.4. The number of benzene rings is 1. The second kappa shape index (κ2) is 6.14. The quantitative estimate of drug-likeness (QED) is 0.794. The number of rotatable bonds is 2. The van der Waals surface area contributed by atoms with E-state index in [4.69, 9.17) is 5.11 Å². The van der Waals surface area contributed by atoms with Crippen LogP contribution in [0.1, 0.15) is 25.3 Å². The van der Waals surface area contributed by atoms with E-state index in [1.807, 2.05) is 31.2 Å². The third kappa shape index (κ3) is 2.93. The fraction of sp³-hybridized carbons (Fsp3) is 0.471. The molecule has 1 aromatic carbocycles. The smallest absolute Gasteiger partial charge is 0.407 e. The maximum absolute atomic E-state index is 12.2. The first-order valence-corrected chi connectivity index (χ1v) is 8.08. The van der Waals surface area contributed by atoms with Crippen LogP contribution >= 0.6 is 0 Å². The first kappa shape index (κ1) is 16.3. The number of carbonyl (C=O) groups is 3. The highest BCUT2D eigenvalue weighted by Gasteiger charge is 2.39. The van der Waals surface area contributed by atoms with E-state index < -0.39 is 11.5 Å². The lowest BCUT2D eigenvalue weighted by molar-refractivity contribution is -0.137. The fourth-order valence-electron chi connectivity index (χ4n) is 3.28. The van der Waals surface area contributed by atoms with Gasteiger partial charge in [-0.05, 0) is 31.0 Å². The Kier molecular flexibility index (Phi) is 4.17. The van der Waals surface area contributed by atoms with Crippen molar-refractivity contribution in [2.24, 2.45) is 0 Å². The van der Waals surface area contributed by atoms with Crippen LogP contribution in [0.2, 0.25) is 0 Å². The van der Waals surface area contributed by atoms with Crippen LogP contribution in [0.15, 0.2) is 24.3 Å². The van der Waals surface area contributed by atoms with E-state index in [2.05, 4.69) is 10.2 Å². The monoisotopic (exact) mass is 331 g/mol. The number of carboxylic acid groups (broad SMARTS) is 1. The Balaban J connectivity index is 1.71.